The summed E-state index contributed by atoms with van der Waals surface area (Å²) in [6.45, 7) is 8.12. The summed E-state index contributed by atoms with van der Waals surface area (Å²) < 4.78 is 14.3. The second-order valence-electron chi connectivity index (χ2n) is 9.09. The smallest absolute Gasteiger partial charge is 0.159 e. The van der Waals surface area contributed by atoms with E-state index in [0.717, 1.165) is 24.2 Å². The molecule has 1 N–H and O–H groups in total. The highest BCUT2D eigenvalue weighted by Crippen LogP contribution is 2.35. The Morgan fingerprint density at radius 3 is 2.36 bits per heavy atom. The van der Waals surface area contributed by atoms with Crippen molar-refractivity contribution in [3.8, 4) is 5.75 Å². The van der Waals surface area contributed by atoms with E-state index >= 15 is 0 Å². The van der Waals surface area contributed by atoms with Crippen LogP contribution in [0, 0.1) is 5.82 Å². The summed E-state index contributed by atoms with van der Waals surface area (Å²) in [5.41, 5.74) is 3.48. The van der Waals surface area contributed by atoms with Crippen molar-refractivity contribution in [3.05, 3.63) is 101 Å². The van der Waals surface area contributed by atoms with Gasteiger partial charge in [-0.15, -0.1) is 0 Å². The quantitative estimate of drug-likeness (QED) is 0.514. The number of hydrogen-bond donors (Lipinski definition) is 1. The molecule has 0 bridgehead atoms. The molecule has 4 rings (SSSR count). The summed E-state index contributed by atoms with van der Waals surface area (Å²) in [7, 11) is 0. The molecule has 0 aliphatic carbocycles. The van der Waals surface area contributed by atoms with Crippen LogP contribution in [0.15, 0.2) is 72.8 Å². The Labute approximate surface area is 195 Å². The molecule has 1 saturated heterocycles. The van der Waals surface area contributed by atoms with Gasteiger partial charge in [0.1, 0.15) is 11.6 Å². The number of hydrogen-bond acceptors (Lipinski definition) is 4. The molecule has 3 aromatic carbocycles. The first-order valence-electron chi connectivity index (χ1n) is 11.5. The standard InChI is InChI=1S/C28H31FN2O2/c1-19-17-31(20(2)16-30(19)18-25-7-4-5-10-27(25)29)28(24-8-6-9-26(33)15-24)23-13-11-22(12-14-23)21(3)32/h4-15,19-20,28,33H,16-18H2,1-3H3/t19-,20+,28?/m1/s1. The molecule has 0 spiro atoms. The summed E-state index contributed by atoms with van der Waals surface area (Å²) in [5, 5.41) is 10.2. The molecule has 1 aliphatic heterocycles. The van der Waals surface area contributed by atoms with E-state index in [1.54, 1.807) is 19.1 Å². The van der Waals surface area contributed by atoms with E-state index in [1.807, 2.05) is 54.6 Å². The lowest BCUT2D eigenvalue weighted by Gasteiger charge is -2.47. The molecule has 33 heavy (non-hydrogen) atoms. The Kier molecular flexibility index (Phi) is 6.91. The van der Waals surface area contributed by atoms with Crippen molar-refractivity contribution in [1.82, 2.24) is 9.80 Å². The maximum atomic E-state index is 14.3. The molecule has 5 heteroatoms. The van der Waals surface area contributed by atoms with E-state index in [1.165, 1.54) is 6.07 Å². The number of nitrogens with zero attached hydrogens (tertiary/aromatic N) is 2. The summed E-state index contributed by atoms with van der Waals surface area (Å²) in [6.07, 6.45) is 0. The third kappa shape index (κ3) is 5.15. The number of phenolic OH excluding ortho intramolecular Hbond substituents is 1. The van der Waals surface area contributed by atoms with Crippen molar-refractivity contribution in [2.75, 3.05) is 13.1 Å². The maximum Gasteiger partial charge on any atom is 0.159 e. The molecule has 0 radical (unpaired) electrons. The number of aromatic hydroxyl groups is 1. The number of halogens is 1. The lowest BCUT2D eigenvalue weighted by Crippen LogP contribution is -2.56. The number of carbonyl (C=O) groups excluding carboxylic acids is 1. The van der Waals surface area contributed by atoms with E-state index < -0.39 is 0 Å². The average Bonchev–Trinajstić information content (AvgIpc) is 2.79. The third-order valence-corrected chi connectivity index (χ3v) is 6.65. The van der Waals surface area contributed by atoms with Gasteiger partial charge in [0.05, 0.1) is 6.04 Å². The van der Waals surface area contributed by atoms with Gasteiger partial charge in [-0.2, -0.15) is 0 Å². The van der Waals surface area contributed by atoms with Gasteiger partial charge < -0.3 is 5.11 Å². The molecule has 1 heterocycles. The fourth-order valence-corrected chi connectivity index (χ4v) is 4.82. The molecule has 4 nitrogen and oxygen atoms in total. The lowest BCUT2D eigenvalue weighted by molar-refractivity contribution is 0.0190. The van der Waals surface area contributed by atoms with E-state index in [2.05, 4.69) is 23.6 Å². The van der Waals surface area contributed by atoms with Crippen molar-refractivity contribution < 1.29 is 14.3 Å². The minimum Gasteiger partial charge on any atom is -0.508 e. The number of phenols is 1. The fourth-order valence-electron chi connectivity index (χ4n) is 4.82. The first-order chi connectivity index (χ1) is 15.8. The lowest BCUT2D eigenvalue weighted by atomic mass is 9.92. The number of Topliss-reactive ketones (excluding diaryl/α,β-unsaturated/α-hetero) is 1. The van der Waals surface area contributed by atoms with Crippen LogP contribution in [0.4, 0.5) is 4.39 Å². The molecule has 0 aromatic heterocycles. The molecular weight excluding hydrogens is 415 g/mol. The van der Waals surface area contributed by atoms with Crippen molar-refractivity contribution in [2.45, 2.75) is 45.4 Å². The number of piperazine rings is 1. The number of carbonyl (C=O) groups is 1. The first-order valence-corrected chi connectivity index (χ1v) is 11.5. The zero-order chi connectivity index (χ0) is 23.5. The zero-order valence-corrected chi connectivity index (χ0v) is 19.4. The van der Waals surface area contributed by atoms with Crippen LogP contribution in [-0.4, -0.2) is 45.9 Å². The normalized spacial score (nSPS) is 20.5. The predicted octanol–water partition coefficient (Wildman–Crippen LogP) is 5.42. The van der Waals surface area contributed by atoms with Crippen molar-refractivity contribution >= 4 is 5.78 Å². The van der Waals surface area contributed by atoms with Crippen LogP contribution in [0.2, 0.25) is 0 Å². The van der Waals surface area contributed by atoms with Gasteiger partial charge >= 0.3 is 0 Å². The Hall–Kier alpha value is -3.02. The van der Waals surface area contributed by atoms with Gasteiger partial charge in [0.2, 0.25) is 0 Å². The van der Waals surface area contributed by atoms with Crippen LogP contribution >= 0.6 is 0 Å². The van der Waals surface area contributed by atoms with Gasteiger partial charge in [-0.05, 0) is 50.1 Å². The average molecular weight is 447 g/mol. The Bertz CT molecular complexity index is 1110. The van der Waals surface area contributed by atoms with Crippen LogP contribution in [0.1, 0.15) is 53.9 Å². The molecular formula is C28H31FN2O2. The van der Waals surface area contributed by atoms with Gasteiger partial charge in [-0.1, -0.05) is 54.6 Å². The van der Waals surface area contributed by atoms with Gasteiger partial charge in [0.15, 0.2) is 5.78 Å². The molecule has 1 fully saturated rings. The van der Waals surface area contributed by atoms with Gasteiger partial charge in [-0.25, -0.2) is 4.39 Å². The van der Waals surface area contributed by atoms with E-state index in [0.29, 0.717) is 17.7 Å². The SMILES string of the molecule is CC(=O)c1ccc(C(c2cccc(O)c2)N2C[C@@H](C)N(Cc3ccccc3F)C[C@@H]2C)cc1. The highest BCUT2D eigenvalue weighted by Gasteiger charge is 2.35. The zero-order valence-electron chi connectivity index (χ0n) is 19.4. The van der Waals surface area contributed by atoms with Crippen LogP contribution in [-0.2, 0) is 6.54 Å². The number of ketones is 1. The van der Waals surface area contributed by atoms with Gasteiger partial charge in [-0.3, -0.25) is 14.6 Å². The molecule has 3 atom stereocenters. The third-order valence-electron chi connectivity index (χ3n) is 6.65. The second kappa shape index (κ2) is 9.86. The topological polar surface area (TPSA) is 43.8 Å². The molecule has 0 amide bonds. The minimum absolute atomic E-state index is 0.0409. The number of benzene rings is 3. The summed E-state index contributed by atoms with van der Waals surface area (Å²) in [5.74, 6) is 0.110. The molecule has 3 aromatic rings. The first kappa shape index (κ1) is 23.1. The van der Waals surface area contributed by atoms with Gasteiger partial charge in [0, 0.05) is 42.8 Å². The van der Waals surface area contributed by atoms with Crippen molar-refractivity contribution in [2.24, 2.45) is 0 Å². The highest BCUT2D eigenvalue weighted by atomic mass is 19.1. The molecule has 1 aliphatic rings. The summed E-state index contributed by atoms with van der Waals surface area (Å²) in [4.78, 5) is 16.5. The highest BCUT2D eigenvalue weighted by molar-refractivity contribution is 5.94. The van der Waals surface area contributed by atoms with Crippen LogP contribution in [0.25, 0.3) is 0 Å². The van der Waals surface area contributed by atoms with E-state index in [4.69, 9.17) is 0 Å². The second-order valence-corrected chi connectivity index (χ2v) is 9.09. The summed E-state index contributed by atoms with van der Waals surface area (Å²) >= 11 is 0. The van der Waals surface area contributed by atoms with Gasteiger partial charge in [0.25, 0.3) is 0 Å². The van der Waals surface area contributed by atoms with Crippen LogP contribution in [0.3, 0.4) is 0 Å². The Balaban J connectivity index is 1.63. The van der Waals surface area contributed by atoms with Crippen molar-refractivity contribution in [1.29, 1.82) is 0 Å². The maximum absolute atomic E-state index is 14.3. The minimum atomic E-state index is -0.164. The summed E-state index contributed by atoms with van der Waals surface area (Å²) in [6, 6.07) is 22.5. The Morgan fingerprint density at radius 2 is 1.70 bits per heavy atom. The molecule has 0 saturated carbocycles. The number of rotatable bonds is 6. The van der Waals surface area contributed by atoms with E-state index in [-0.39, 0.29) is 35.5 Å². The van der Waals surface area contributed by atoms with Crippen molar-refractivity contribution in [3.63, 3.8) is 0 Å². The molecule has 1 unspecified atom stereocenters. The Morgan fingerprint density at radius 1 is 0.970 bits per heavy atom. The molecule has 172 valence electrons. The van der Waals surface area contributed by atoms with E-state index in [9.17, 15) is 14.3 Å². The fraction of sp³-hybridized carbons (Fsp3) is 0.321. The van der Waals surface area contributed by atoms with Crippen LogP contribution < -0.4 is 0 Å². The largest absolute Gasteiger partial charge is 0.508 e. The van der Waals surface area contributed by atoms with Crippen LogP contribution in [0.5, 0.6) is 5.75 Å². The predicted molar refractivity (Wildman–Crippen MR) is 129 cm³/mol. The monoisotopic (exact) mass is 446 g/mol.